The number of carbonyl (C=O) groups is 2. The summed E-state index contributed by atoms with van der Waals surface area (Å²) in [5.41, 5.74) is 3.72. The maximum atomic E-state index is 12.7. The van der Waals surface area contributed by atoms with E-state index in [1.165, 1.54) is 4.90 Å². The van der Waals surface area contributed by atoms with E-state index in [0.717, 1.165) is 34.9 Å². The Morgan fingerprint density at radius 1 is 1.04 bits per heavy atom. The SMILES string of the molecule is CCc1ccccc1N1C(=O)S/C(=C\c2ccccc2C)C1=O. The number of thioether (sulfide) groups is 1. The smallest absolute Gasteiger partial charge is 0.268 e. The topological polar surface area (TPSA) is 37.4 Å². The summed E-state index contributed by atoms with van der Waals surface area (Å²) >= 11 is 0.998. The minimum absolute atomic E-state index is 0.240. The number of nitrogens with zero attached hydrogens (tertiary/aromatic N) is 1. The normalized spacial score (nSPS) is 16.4. The molecule has 0 aliphatic carbocycles. The van der Waals surface area contributed by atoms with E-state index in [2.05, 4.69) is 0 Å². The van der Waals surface area contributed by atoms with Gasteiger partial charge in [-0.1, -0.05) is 49.4 Å². The average Bonchev–Trinajstić information content (AvgIpc) is 2.83. The molecule has 2 amide bonds. The number of benzene rings is 2. The molecule has 116 valence electrons. The quantitative estimate of drug-likeness (QED) is 0.762. The van der Waals surface area contributed by atoms with Gasteiger partial charge in [0.15, 0.2) is 0 Å². The van der Waals surface area contributed by atoms with Gasteiger partial charge in [0.25, 0.3) is 11.1 Å². The van der Waals surface area contributed by atoms with Crippen molar-refractivity contribution in [3.05, 3.63) is 70.1 Å². The summed E-state index contributed by atoms with van der Waals surface area (Å²) in [5, 5.41) is -0.240. The highest BCUT2D eigenvalue weighted by molar-refractivity contribution is 8.19. The van der Waals surface area contributed by atoms with Gasteiger partial charge in [-0.2, -0.15) is 0 Å². The molecule has 4 heteroatoms. The number of anilines is 1. The van der Waals surface area contributed by atoms with Crippen LogP contribution >= 0.6 is 11.8 Å². The van der Waals surface area contributed by atoms with Crippen LogP contribution in [0.2, 0.25) is 0 Å². The van der Waals surface area contributed by atoms with E-state index in [-0.39, 0.29) is 11.1 Å². The van der Waals surface area contributed by atoms with Gasteiger partial charge in [0.1, 0.15) is 0 Å². The van der Waals surface area contributed by atoms with E-state index in [0.29, 0.717) is 10.6 Å². The van der Waals surface area contributed by atoms with Gasteiger partial charge in [0, 0.05) is 0 Å². The van der Waals surface area contributed by atoms with Gasteiger partial charge in [-0.3, -0.25) is 9.59 Å². The molecule has 1 saturated heterocycles. The fourth-order valence-electron chi connectivity index (χ4n) is 2.59. The van der Waals surface area contributed by atoms with Gasteiger partial charge in [0.05, 0.1) is 10.6 Å². The maximum absolute atomic E-state index is 12.7. The van der Waals surface area contributed by atoms with Gasteiger partial charge in [0.2, 0.25) is 0 Å². The maximum Gasteiger partial charge on any atom is 0.298 e. The molecule has 3 nitrogen and oxygen atoms in total. The first-order chi connectivity index (χ1) is 11.1. The summed E-state index contributed by atoms with van der Waals surface area (Å²) < 4.78 is 0. The van der Waals surface area contributed by atoms with Crippen LogP contribution in [0.15, 0.2) is 53.4 Å². The van der Waals surface area contributed by atoms with Crippen molar-refractivity contribution in [2.24, 2.45) is 0 Å². The molecule has 0 spiro atoms. The lowest BCUT2D eigenvalue weighted by atomic mass is 10.1. The van der Waals surface area contributed by atoms with Crippen LogP contribution in [0.3, 0.4) is 0 Å². The molecule has 0 radical (unpaired) electrons. The fraction of sp³-hybridized carbons (Fsp3) is 0.158. The number of aryl methyl sites for hydroxylation is 2. The van der Waals surface area contributed by atoms with Gasteiger partial charge >= 0.3 is 0 Å². The summed E-state index contributed by atoms with van der Waals surface area (Å²) in [7, 11) is 0. The second-order valence-corrected chi connectivity index (χ2v) is 6.35. The van der Waals surface area contributed by atoms with Crippen molar-refractivity contribution in [3.63, 3.8) is 0 Å². The monoisotopic (exact) mass is 323 g/mol. The molecule has 1 aliphatic rings. The Kier molecular flexibility index (Phi) is 4.35. The largest absolute Gasteiger partial charge is 0.298 e. The summed E-state index contributed by atoms with van der Waals surface area (Å²) in [6.45, 7) is 4.00. The predicted octanol–water partition coefficient (Wildman–Crippen LogP) is 4.80. The first-order valence-corrected chi connectivity index (χ1v) is 8.35. The number of para-hydroxylation sites is 1. The van der Waals surface area contributed by atoms with Crippen LogP contribution < -0.4 is 4.90 Å². The van der Waals surface area contributed by atoms with Crippen molar-refractivity contribution in [1.82, 2.24) is 0 Å². The first-order valence-electron chi connectivity index (χ1n) is 7.53. The molecule has 2 aromatic rings. The minimum Gasteiger partial charge on any atom is -0.268 e. The Hall–Kier alpha value is -2.33. The fourth-order valence-corrected chi connectivity index (χ4v) is 3.42. The van der Waals surface area contributed by atoms with Crippen molar-refractivity contribution in [1.29, 1.82) is 0 Å². The molecule has 0 saturated carbocycles. The highest BCUT2D eigenvalue weighted by Crippen LogP contribution is 2.37. The third kappa shape index (κ3) is 2.94. The van der Waals surface area contributed by atoms with Crippen molar-refractivity contribution in [2.75, 3.05) is 4.90 Å². The van der Waals surface area contributed by atoms with Crippen LogP contribution in [0.25, 0.3) is 6.08 Å². The van der Waals surface area contributed by atoms with E-state index in [1.807, 2.05) is 62.4 Å². The van der Waals surface area contributed by atoms with Crippen molar-refractivity contribution in [2.45, 2.75) is 20.3 Å². The van der Waals surface area contributed by atoms with Crippen LogP contribution in [0.5, 0.6) is 0 Å². The third-order valence-corrected chi connectivity index (χ3v) is 4.75. The predicted molar refractivity (Wildman–Crippen MR) is 95.4 cm³/mol. The van der Waals surface area contributed by atoms with E-state index >= 15 is 0 Å². The zero-order valence-electron chi connectivity index (χ0n) is 13.1. The Labute approximate surface area is 140 Å². The Morgan fingerprint density at radius 2 is 1.74 bits per heavy atom. The third-order valence-electron chi connectivity index (χ3n) is 3.88. The summed E-state index contributed by atoms with van der Waals surface area (Å²) in [5.74, 6) is -0.246. The molecule has 23 heavy (non-hydrogen) atoms. The van der Waals surface area contributed by atoms with E-state index in [4.69, 9.17) is 0 Å². The molecule has 0 N–H and O–H groups in total. The molecule has 1 heterocycles. The van der Waals surface area contributed by atoms with Crippen molar-refractivity contribution >= 4 is 34.7 Å². The number of amides is 2. The van der Waals surface area contributed by atoms with Gasteiger partial charge in [-0.15, -0.1) is 0 Å². The molecule has 1 fully saturated rings. The summed E-state index contributed by atoms with van der Waals surface area (Å²) in [6, 6.07) is 15.4. The lowest BCUT2D eigenvalue weighted by molar-refractivity contribution is -0.113. The first kappa shape index (κ1) is 15.6. The second-order valence-electron chi connectivity index (χ2n) is 5.36. The molecular formula is C19H17NO2S. The molecule has 0 aromatic heterocycles. The Balaban J connectivity index is 1.99. The summed E-state index contributed by atoms with van der Waals surface area (Å²) in [4.78, 5) is 26.8. The molecule has 0 atom stereocenters. The van der Waals surface area contributed by atoms with Gasteiger partial charge in [-0.05, 0) is 53.9 Å². The van der Waals surface area contributed by atoms with Crippen LogP contribution in [0, 0.1) is 6.92 Å². The molecule has 1 aliphatic heterocycles. The zero-order chi connectivity index (χ0) is 16.4. The zero-order valence-corrected chi connectivity index (χ0v) is 13.9. The standard InChI is InChI=1S/C19H17NO2S/c1-3-14-9-6-7-11-16(14)20-18(21)17(23-19(20)22)12-15-10-5-4-8-13(15)2/h4-12H,3H2,1-2H3/b17-12-. The van der Waals surface area contributed by atoms with Crippen LogP contribution in [0.1, 0.15) is 23.6 Å². The van der Waals surface area contributed by atoms with Crippen LogP contribution in [-0.4, -0.2) is 11.1 Å². The lowest BCUT2D eigenvalue weighted by Gasteiger charge is -2.16. The Morgan fingerprint density at radius 3 is 2.48 bits per heavy atom. The van der Waals surface area contributed by atoms with Gasteiger partial charge < -0.3 is 0 Å². The average molecular weight is 323 g/mol. The van der Waals surface area contributed by atoms with Gasteiger partial charge in [-0.25, -0.2) is 4.90 Å². The second kappa shape index (κ2) is 6.42. The molecule has 0 unspecified atom stereocenters. The Bertz CT molecular complexity index is 811. The molecular weight excluding hydrogens is 306 g/mol. The number of hydrogen-bond acceptors (Lipinski definition) is 3. The minimum atomic E-state index is -0.246. The van der Waals surface area contributed by atoms with E-state index in [9.17, 15) is 9.59 Å². The highest BCUT2D eigenvalue weighted by Gasteiger charge is 2.37. The van der Waals surface area contributed by atoms with E-state index < -0.39 is 0 Å². The van der Waals surface area contributed by atoms with Crippen molar-refractivity contribution in [3.8, 4) is 0 Å². The summed E-state index contributed by atoms with van der Waals surface area (Å²) in [6.07, 6.45) is 2.57. The number of carbonyl (C=O) groups excluding carboxylic acids is 2. The number of hydrogen-bond donors (Lipinski definition) is 0. The van der Waals surface area contributed by atoms with E-state index in [1.54, 1.807) is 6.08 Å². The number of rotatable bonds is 3. The van der Waals surface area contributed by atoms with Crippen LogP contribution in [-0.2, 0) is 11.2 Å². The number of imide groups is 1. The molecule has 0 bridgehead atoms. The molecule has 2 aromatic carbocycles. The van der Waals surface area contributed by atoms with Crippen molar-refractivity contribution < 1.29 is 9.59 Å². The molecule has 3 rings (SSSR count). The lowest BCUT2D eigenvalue weighted by Crippen LogP contribution is -2.28. The van der Waals surface area contributed by atoms with Crippen LogP contribution in [0.4, 0.5) is 10.5 Å². The highest BCUT2D eigenvalue weighted by atomic mass is 32.2.